The summed E-state index contributed by atoms with van der Waals surface area (Å²) in [5.41, 5.74) is 5.62. The molecule has 0 saturated carbocycles. The molecule has 0 fully saturated rings. The molecule has 0 radical (unpaired) electrons. The maximum atomic E-state index is 12.3. The van der Waals surface area contributed by atoms with Crippen molar-refractivity contribution in [2.75, 3.05) is 6.61 Å². The summed E-state index contributed by atoms with van der Waals surface area (Å²) in [6, 6.07) is 23.5. The first-order valence-corrected chi connectivity index (χ1v) is 10.6. The van der Waals surface area contributed by atoms with E-state index in [1.165, 1.54) is 6.07 Å². The van der Waals surface area contributed by atoms with Crippen LogP contribution >= 0.6 is 23.8 Å². The van der Waals surface area contributed by atoms with E-state index in [4.69, 9.17) is 33.0 Å². The van der Waals surface area contributed by atoms with Crippen LogP contribution in [0.4, 0.5) is 0 Å². The van der Waals surface area contributed by atoms with E-state index in [1.54, 1.807) is 36.4 Å². The standard InChI is InChI=1S/C24H18ClN3O4S/c25-17-10-8-16(9-11-17)19-12-13-21(32-19)23(30)26-24(33)28-27-22(29)14-31-20-7-3-5-15-4-1-2-6-18(15)20/h1-13H,14H2,(H,27,29)(H2,26,28,30,33). The molecule has 0 atom stereocenters. The summed E-state index contributed by atoms with van der Waals surface area (Å²) in [6.45, 7) is -0.236. The van der Waals surface area contributed by atoms with Crippen molar-refractivity contribution in [3.8, 4) is 17.1 Å². The third-order valence-electron chi connectivity index (χ3n) is 4.61. The molecule has 3 N–H and O–H groups in total. The fourth-order valence-corrected chi connectivity index (χ4v) is 3.32. The van der Waals surface area contributed by atoms with Gasteiger partial charge in [-0.05, 0) is 60.1 Å². The second-order valence-electron chi connectivity index (χ2n) is 6.89. The van der Waals surface area contributed by atoms with Crippen LogP contribution in [0.5, 0.6) is 5.75 Å². The van der Waals surface area contributed by atoms with Crippen LogP contribution in [0.2, 0.25) is 5.02 Å². The monoisotopic (exact) mass is 479 g/mol. The lowest BCUT2D eigenvalue weighted by atomic mass is 10.1. The molecule has 0 bridgehead atoms. The number of hydrazine groups is 1. The number of benzene rings is 3. The van der Waals surface area contributed by atoms with Gasteiger partial charge in [0.2, 0.25) is 0 Å². The molecule has 4 rings (SSSR count). The van der Waals surface area contributed by atoms with Gasteiger partial charge in [0, 0.05) is 16.0 Å². The Morgan fingerprint density at radius 3 is 2.48 bits per heavy atom. The van der Waals surface area contributed by atoms with Crippen molar-refractivity contribution in [1.82, 2.24) is 16.2 Å². The predicted molar refractivity (Wildman–Crippen MR) is 130 cm³/mol. The fourth-order valence-electron chi connectivity index (χ4n) is 3.05. The first-order valence-electron chi connectivity index (χ1n) is 9.86. The molecule has 0 unspecified atom stereocenters. The van der Waals surface area contributed by atoms with Gasteiger partial charge in [0.15, 0.2) is 17.5 Å². The number of hydrogen-bond donors (Lipinski definition) is 3. The predicted octanol–water partition coefficient (Wildman–Crippen LogP) is 4.47. The molecule has 4 aromatic rings. The molecule has 0 aliphatic rings. The minimum absolute atomic E-state index is 0.0646. The van der Waals surface area contributed by atoms with Crippen LogP contribution in [0, 0.1) is 0 Å². The molecule has 1 heterocycles. The van der Waals surface area contributed by atoms with Gasteiger partial charge in [0.1, 0.15) is 11.5 Å². The third kappa shape index (κ3) is 5.68. The average molecular weight is 480 g/mol. The third-order valence-corrected chi connectivity index (χ3v) is 5.07. The molecule has 1 aromatic heterocycles. The number of carbonyl (C=O) groups is 2. The summed E-state index contributed by atoms with van der Waals surface area (Å²) in [6.07, 6.45) is 0. The van der Waals surface area contributed by atoms with Gasteiger partial charge in [-0.3, -0.25) is 25.8 Å². The molecule has 0 saturated heterocycles. The Morgan fingerprint density at radius 1 is 0.909 bits per heavy atom. The van der Waals surface area contributed by atoms with Crippen LogP contribution in [0.15, 0.2) is 83.3 Å². The Morgan fingerprint density at radius 2 is 1.67 bits per heavy atom. The Labute approximate surface area is 199 Å². The highest BCUT2D eigenvalue weighted by atomic mass is 35.5. The molecule has 3 aromatic carbocycles. The number of ether oxygens (including phenoxy) is 1. The number of thiocarbonyl (C=S) groups is 1. The van der Waals surface area contributed by atoms with Gasteiger partial charge in [0.25, 0.3) is 11.8 Å². The summed E-state index contributed by atoms with van der Waals surface area (Å²) < 4.78 is 11.2. The second kappa shape index (κ2) is 10.2. The van der Waals surface area contributed by atoms with E-state index in [1.807, 2.05) is 36.4 Å². The second-order valence-corrected chi connectivity index (χ2v) is 7.74. The molecule has 9 heteroatoms. The minimum Gasteiger partial charge on any atom is -0.483 e. The summed E-state index contributed by atoms with van der Waals surface area (Å²) in [5.74, 6) is 0.134. The van der Waals surface area contributed by atoms with E-state index >= 15 is 0 Å². The summed E-state index contributed by atoms with van der Waals surface area (Å²) >= 11 is 10.9. The number of halogens is 1. The highest BCUT2D eigenvalue weighted by molar-refractivity contribution is 7.80. The number of furan rings is 1. The lowest BCUT2D eigenvalue weighted by molar-refractivity contribution is -0.123. The SMILES string of the molecule is O=C(COc1cccc2ccccc12)NNC(=S)NC(=O)c1ccc(-c2ccc(Cl)cc2)o1. The average Bonchev–Trinajstić information content (AvgIpc) is 3.32. The normalized spacial score (nSPS) is 10.5. The maximum absolute atomic E-state index is 12.3. The van der Waals surface area contributed by atoms with Crippen molar-refractivity contribution in [3.63, 3.8) is 0 Å². The summed E-state index contributed by atoms with van der Waals surface area (Å²) in [7, 11) is 0. The molecule has 33 heavy (non-hydrogen) atoms. The van der Waals surface area contributed by atoms with Crippen LogP contribution in [0.1, 0.15) is 10.6 Å². The van der Waals surface area contributed by atoms with Gasteiger partial charge in [-0.2, -0.15) is 0 Å². The largest absolute Gasteiger partial charge is 0.483 e. The highest BCUT2D eigenvalue weighted by Crippen LogP contribution is 2.25. The van der Waals surface area contributed by atoms with Gasteiger partial charge >= 0.3 is 0 Å². The first kappa shape index (κ1) is 22.3. The molecule has 0 spiro atoms. The first-order chi connectivity index (χ1) is 16.0. The van der Waals surface area contributed by atoms with Gasteiger partial charge in [-0.25, -0.2) is 0 Å². The number of carbonyl (C=O) groups excluding carboxylic acids is 2. The van der Waals surface area contributed by atoms with Crippen LogP contribution in [0.3, 0.4) is 0 Å². The lowest BCUT2D eigenvalue weighted by Gasteiger charge is -2.12. The van der Waals surface area contributed by atoms with Crippen molar-refractivity contribution >= 4 is 51.5 Å². The van der Waals surface area contributed by atoms with Gasteiger partial charge < -0.3 is 9.15 Å². The topological polar surface area (TPSA) is 92.6 Å². The van der Waals surface area contributed by atoms with Crippen LogP contribution in [0.25, 0.3) is 22.1 Å². The van der Waals surface area contributed by atoms with Crippen molar-refractivity contribution in [2.45, 2.75) is 0 Å². The maximum Gasteiger partial charge on any atom is 0.293 e. The Balaban J connectivity index is 1.25. The quantitative estimate of drug-likeness (QED) is 0.289. The Bertz CT molecular complexity index is 1320. The van der Waals surface area contributed by atoms with Gasteiger partial charge in [0.05, 0.1) is 0 Å². The van der Waals surface area contributed by atoms with Crippen LogP contribution in [-0.2, 0) is 4.79 Å². The number of rotatable bonds is 5. The fraction of sp³-hybridized carbons (Fsp3) is 0.0417. The van der Waals surface area contributed by atoms with E-state index < -0.39 is 11.8 Å². The van der Waals surface area contributed by atoms with Crippen LogP contribution < -0.4 is 20.9 Å². The Kier molecular flexibility index (Phi) is 6.87. The Hall–Kier alpha value is -3.88. The highest BCUT2D eigenvalue weighted by Gasteiger charge is 2.14. The zero-order valence-electron chi connectivity index (χ0n) is 17.1. The molecule has 0 aliphatic carbocycles. The smallest absolute Gasteiger partial charge is 0.293 e. The molecule has 2 amide bonds. The zero-order valence-corrected chi connectivity index (χ0v) is 18.7. The van der Waals surface area contributed by atoms with Gasteiger partial charge in [-0.1, -0.05) is 48.0 Å². The van der Waals surface area contributed by atoms with E-state index in [9.17, 15) is 9.59 Å². The van der Waals surface area contributed by atoms with Crippen molar-refractivity contribution in [1.29, 1.82) is 0 Å². The molecular formula is C24H18ClN3O4S. The number of amides is 2. The lowest BCUT2D eigenvalue weighted by Crippen LogP contribution is -2.49. The zero-order chi connectivity index (χ0) is 23.2. The molecular weight excluding hydrogens is 462 g/mol. The number of nitrogens with one attached hydrogen (secondary N) is 3. The van der Waals surface area contributed by atoms with Gasteiger partial charge in [-0.15, -0.1) is 0 Å². The van der Waals surface area contributed by atoms with E-state index in [-0.39, 0.29) is 17.5 Å². The van der Waals surface area contributed by atoms with Crippen LogP contribution in [-0.4, -0.2) is 23.5 Å². The van der Waals surface area contributed by atoms with E-state index in [0.29, 0.717) is 16.5 Å². The molecule has 166 valence electrons. The van der Waals surface area contributed by atoms with Crippen molar-refractivity contribution in [3.05, 3.63) is 89.6 Å². The van der Waals surface area contributed by atoms with Crippen molar-refractivity contribution in [2.24, 2.45) is 0 Å². The van der Waals surface area contributed by atoms with E-state index in [2.05, 4.69) is 16.2 Å². The summed E-state index contributed by atoms with van der Waals surface area (Å²) in [4.78, 5) is 24.4. The number of hydrogen-bond acceptors (Lipinski definition) is 5. The molecule has 7 nitrogen and oxygen atoms in total. The minimum atomic E-state index is -0.561. The molecule has 0 aliphatic heterocycles. The number of fused-ring (bicyclic) bond motifs is 1. The van der Waals surface area contributed by atoms with E-state index in [0.717, 1.165) is 16.3 Å². The van der Waals surface area contributed by atoms with Crippen molar-refractivity contribution < 1.29 is 18.7 Å². The summed E-state index contributed by atoms with van der Waals surface area (Å²) in [5, 5.41) is 4.85.